The van der Waals surface area contributed by atoms with Crippen molar-refractivity contribution in [3.63, 3.8) is 0 Å². The molecule has 0 spiro atoms. The summed E-state index contributed by atoms with van der Waals surface area (Å²) in [7, 11) is 0. The van der Waals surface area contributed by atoms with Gasteiger partial charge in [0.2, 0.25) is 0 Å². The summed E-state index contributed by atoms with van der Waals surface area (Å²) in [6, 6.07) is 8.00. The largest absolute Gasteiger partial charge is 0.501 e. The number of nitrogens with one attached hydrogen (secondary N) is 1. The number of para-hydroxylation sites is 2. The van der Waals surface area contributed by atoms with Crippen LogP contribution in [0.2, 0.25) is 0 Å². The van der Waals surface area contributed by atoms with Gasteiger partial charge in [-0.3, -0.25) is 0 Å². The standard InChI is InChI=1S/C17H23NO3/c1-2-9-18-17(13-6-5-10-19-11-13)16-12-20-14-7-3-4-8-15(14)21-16/h3-4,7-8,11,16-18H,2,5-6,9-10,12H2,1H3. The fourth-order valence-electron chi connectivity index (χ4n) is 2.81. The third-order valence-corrected chi connectivity index (χ3v) is 3.88. The zero-order valence-corrected chi connectivity index (χ0v) is 12.5. The predicted molar refractivity (Wildman–Crippen MR) is 81.7 cm³/mol. The Kier molecular flexibility index (Phi) is 4.65. The summed E-state index contributed by atoms with van der Waals surface area (Å²) >= 11 is 0. The second kappa shape index (κ2) is 6.85. The highest BCUT2D eigenvalue weighted by Gasteiger charge is 2.31. The maximum atomic E-state index is 6.16. The van der Waals surface area contributed by atoms with Crippen molar-refractivity contribution in [2.75, 3.05) is 19.8 Å². The molecule has 0 amide bonds. The second-order valence-corrected chi connectivity index (χ2v) is 5.51. The van der Waals surface area contributed by atoms with Gasteiger partial charge in [0, 0.05) is 0 Å². The van der Waals surface area contributed by atoms with E-state index in [9.17, 15) is 0 Å². The van der Waals surface area contributed by atoms with E-state index < -0.39 is 0 Å². The molecule has 0 bridgehead atoms. The van der Waals surface area contributed by atoms with E-state index in [0.717, 1.165) is 43.9 Å². The Morgan fingerprint density at radius 1 is 1.29 bits per heavy atom. The van der Waals surface area contributed by atoms with Crippen LogP contribution in [0, 0.1) is 0 Å². The SMILES string of the molecule is CCCNC(C1=COCCC1)C1COc2ccccc2O1. The Balaban J connectivity index is 1.76. The lowest BCUT2D eigenvalue weighted by molar-refractivity contribution is 0.0672. The average molecular weight is 289 g/mol. The molecule has 0 fully saturated rings. The summed E-state index contributed by atoms with van der Waals surface area (Å²) in [5, 5.41) is 3.59. The first-order valence-corrected chi connectivity index (χ1v) is 7.81. The van der Waals surface area contributed by atoms with E-state index >= 15 is 0 Å². The van der Waals surface area contributed by atoms with Crippen molar-refractivity contribution in [3.8, 4) is 11.5 Å². The van der Waals surface area contributed by atoms with Crippen molar-refractivity contribution in [1.82, 2.24) is 5.32 Å². The van der Waals surface area contributed by atoms with Gasteiger partial charge in [0.15, 0.2) is 17.6 Å². The van der Waals surface area contributed by atoms with Crippen molar-refractivity contribution in [1.29, 1.82) is 0 Å². The van der Waals surface area contributed by atoms with E-state index in [1.807, 2.05) is 30.5 Å². The van der Waals surface area contributed by atoms with Gasteiger partial charge < -0.3 is 19.5 Å². The number of hydrogen-bond acceptors (Lipinski definition) is 4. The van der Waals surface area contributed by atoms with Gasteiger partial charge in [0.1, 0.15) is 6.61 Å². The molecule has 0 saturated carbocycles. The fraction of sp³-hybridized carbons (Fsp3) is 0.529. The Labute approximate surface area is 126 Å². The Bertz CT molecular complexity index is 501. The van der Waals surface area contributed by atoms with E-state index in [-0.39, 0.29) is 12.1 Å². The lowest BCUT2D eigenvalue weighted by Crippen LogP contribution is -2.49. The number of benzene rings is 1. The first-order chi connectivity index (χ1) is 10.4. The van der Waals surface area contributed by atoms with Gasteiger partial charge in [0.05, 0.1) is 18.9 Å². The van der Waals surface area contributed by atoms with E-state index in [4.69, 9.17) is 14.2 Å². The van der Waals surface area contributed by atoms with Gasteiger partial charge in [-0.1, -0.05) is 19.1 Å². The highest BCUT2D eigenvalue weighted by atomic mass is 16.6. The molecule has 0 aliphatic carbocycles. The summed E-state index contributed by atoms with van der Waals surface area (Å²) in [4.78, 5) is 0. The number of rotatable bonds is 5. The van der Waals surface area contributed by atoms with E-state index in [1.165, 1.54) is 5.57 Å². The Hall–Kier alpha value is -1.68. The zero-order chi connectivity index (χ0) is 14.5. The van der Waals surface area contributed by atoms with Crippen molar-refractivity contribution < 1.29 is 14.2 Å². The van der Waals surface area contributed by atoms with Crippen LogP contribution >= 0.6 is 0 Å². The molecule has 2 atom stereocenters. The minimum absolute atomic E-state index is 0.0144. The molecular formula is C17H23NO3. The number of hydrogen-bond donors (Lipinski definition) is 1. The fourth-order valence-corrected chi connectivity index (χ4v) is 2.81. The zero-order valence-electron chi connectivity index (χ0n) is 12.5. The average Bonchev–Trinajstić information content (AvgIpc) is 2.56. The predicted octanol–water partition coefficient (Wildman–Crippen LogP) is 2.89. The maximum absolute atomic E-state index is 6.16. The summed E-state index contributed by atoms with van der Waals surface area (Å²) in [6.07, 6.45) is 5.11. The van der Waals surface area contributed by atoms with Crippen LogP contribution in [-0.4, -0.2) is 31.9 Å². The molecule has 2 heterocycles. The van der Waals surface area contributed by atoms with Crippen LogP contribution in [0.4, 0.5) is 0 Å². The molecule has 0 saturated heterocycles. The number of fused-ring (bicyclic) bond motifs is 1. The molecule has 1 aromatic rings. The van der Waals surface area contributed by atoms with Gasteiger partial charge >= 0.3 is 0 Å². The lowest BCUT2D eigenvalue weighted by atomic mass is 9.97. The summed E-state index contributed by atoms with van der Waals surface area (Å²) in [5.74, 6) is 1.66. The molecule has 0 aromatic heterocycles. The van der Waals surface area contributed by atoms with E-state index in [1.54, 1.807) is 0 Å². The monoisotopic (exact) mass is 289 g/mol. The molecule has 114 valence electrons. The van der Waals surface area contributed by atoms with Gasteiger partial charge in [0.25, 0.3) is 0 Å². The van der Waals surface area contributed by atoms with Gasteiger partial charge in [-0.05, 0) is 43.5 Å². The quantitative estimate of drug-likeness (QED) is 0.905. The minimum Gasteiger partial charge on any atom is -0.501 e. The maximum Gasteiger partial charge on any atom is 0.161 e. The second-order valence-electron chi connectivity index (χ2n) is 5.51. The lowest BCUT2D eigenvalue weighted by Gasteiger charge is -2.34. The molecule has 2 aliphatic rings. The summed E-state index contributed by atoms with van der Waals surface area (Å²) < 4.78 is 17.5. The van der Waals surface area contributed by atoms with Crippen molar-refractivity contribution in [2.24, 2.45) is 0 Å². The van der Waals surface area contributed by atoms with Crippen LogP contribution in [0.3, 0.4) is 0 Å². The van der Waals surface area contributed by atoms with Crippen LogP contribution in [0.25, 0.3) is 0 Å². The summed E-state index contributed by atoms with van der Waals surface area (Å²) in [5.41, 5.74) is 1.28. The van der Waals surface area contributed by atoms with Crippen molar-refractivity contribution >= 4 is 0 Å². The van der Waals surface area contributed by atoms with Crippen LogP contribution in [0.5, 0.6) is 11.5 Å². The van der Waals surface area contributed by atoms with Gasteiger partial charge in [-0.25, -0.2) is 0 Å². The van der Waals surface area contributed by atoms with E-state index in [2.05, 4.69) is 12.2 Å². The van der Waals surface area contributed by atoms with Crippen LogP contribution < -0.4 is 14.8 Å². The minimum atomic E-state index is -0.0144. The topological polar surface area (TPSA) is 39.7 Å². The van der Waals surface area contributed by atoms with Gasteiger partial charge in [-0.15, -0.1) is 0 Å². The third kappa shape index (κ3) is 3.32. The molecule has 3 rings (SSSR count). The highest BCUT2D eigenvalue weighted by Crippen LogP contribution is 2.33. The molecule has 4 heteroatoms. The van der Waals surface area contributed by atoms with Crippen LogP contribution in [0.15, 0.2) is 36.1 Å². The third-order valence-electron chi connectivity index (χ3n) is 3.88. The smallest absolute Gasteiger partial charge is 0.161 e. The first-order valence-electron chi connectivity index (χ1n) is 7.81. The molecule has 1 N–H and O–H groups in total. The van der Waals surface area contributed by atoms with Gasteiger partial charge in [-0.2, -0.15) is 0 Å². The molecule has 4 nitrogen and oxygen atoms in total. The first kappa shape index (κ1) is 14.3. The molecule has 21 heavy (non-hydrogen) atoms. The van der Waals surface area contributed by atoms with Crippen LogP contribution in [-0.2, 0) is 4.74 Å². The number of ether oxygens (including phenoxy) is 3. The Morgan fingerprint density at radius 2 is 2.14 bits per heavy atom. The van der Waals surface area contributed by atoms with Crippen molar-refractivity contribution in [3.05, 3.63) is 36.1 Å². The molecular weight excluding hydrogens is 266 g/mol. The summed E-state index contributed by atoms with van der Waals surface area (Å²) in [6.45, 7) is 4.51. The highest BCUT2D eigenvalue weighted by molar-refractivity contribution is 5.41. The normalized spacial score (nSPS) is 22.1. The molecule has 2 aliphatic heterocycles. The van der Waals surface area contributed by atoms with E-state index in [0.29, 0.717) is 6.61 Å². The molecule has 2 unspecified atom stereocenters. The van der Waals surface area contributed by atoms with Crippen molar-refractivity contribution in [2.45, 2.75) is 38.3 Å². The Morgan fingerprint density at radius 3 is 2.90 bits per heavy atom. The molecule has 0 radical (unpaired) electrons. The molecule has 1 aromatic carbocycles. The van der Waals surface area contributed by atoms with Crippen LogP contribution in [0.1, 0.15) is 26.2 Å².